The molecular weight excluding hydrogens is 985 g/mol. The maximum absolute atomic E-state index is 12.9. The Hall–Kier alpha value is -4.97. The molecule has 80 heavy (non-hydrogen) atoms. The van der Waals surface area contributed by atoms with Crippen LogP contribution in [0.5, 0.6) is 0 Å². The van der Waals surface area contributed by atoms with E-state index in [0.717, 1.165) is 141 Å². The van der Waals surface area contributed by atoms with Crippen molar-refractivity contribution in [3.8, 4) is 0 Å². The van der Waals surface area contributed by atoms with E-state index in [4.69, 9.17) is 14.2 Å². The minimum absolute atomic E-state index is 0.105. The van der Waals surface area contributed by atoms with Gasteiger partial charge in [0.25, 0.3) is 0 Å². The zero-order valence-electron chi connectivity index (χ0n) is 51.5. The molecule has 450 valence electrons. The number of esters is 3. The molecule has 1 unspecified atom stereocenters. The van der Waals surface area contributed by atoms with E-state index >= 15 is 0 Å². The quantitative estimate of drug-likeness (QED) is 0.0261. The summed E-state index contributed by atoms with van der Waals surface area (Å²) in [6, 6.07) is 0. The Morgan fingerprint density at radius 3 is 0.800 bits per heavy atom. The molecule has 0 heterocycles. The first-order valence-corrected chi connectivity index (χ1v) is 32.5. The zero-order valence-corrected chi connectivity index (χ0v) is 51.5. The number of carbonyl (C=O) groups is 3. The van der Waals surface area contributed by atoms with Gasteiger partial charge in [0, 0.05) is 19.3 Å². The third-order valence-corrected chi connectivity index (χ3v) is 13.2. The Kier molecular flexibility index (Phi) is 62.4. The summed E-state index contributed by atoms with van der Waals surface area (Å²) >= 11 is 0. The Bertz CT molecular complexity index is 1790. The van der Waals surface area contributed by atoms with Crippen LogP contribution in [0, 0.1) is 0 Å². The number of unbranched alkanes of at least 4 members (excludes halogenated alkanes) is 20. The maximum atomic E-state index is 12.9. The number of allylic oxidation sites excluding steroid dienone is 26. The molecule has 1 atom stereocenters. The number of hydrogen-bond acceptors (Lipinski definition) is 6. The number of carbonyl (C=O) groups excluding carboxylic acids is 3. The first-order chi connectivity index (χ1) is 39.5. The van der Waals surface area contributed by atoms with Crippen LogP contribution in [-0.4, -0.2) is 37.2 Å². The molecule has 0 saturated carbocycles. The van der Waals surface area contributed by atoms with Gasteiger partial charge in [-0.25, -0.2) is 0 Å². The monoisotopic (exact) mass is 1100 g/mol. The topological polar surface area (TPSA) is 78.9 Å². The first-order valence-electron chi connectivity index (χ1n) is 32.5. The van der Waals surface area contributed by atoms with E-state index in [2.05, 4.69) is 179 Å². The summed E-state index contributed by atoms with van der Waals surface area (Å²) in [5.74, 6) is -0.970. The predicted molar refractivity (Wildman–Crippen MR) is 348 cm³/mol. The van der Waals surface area contributed by atoms with Crippen LogP contribution in [0.25, 0.3) is 0 Å². The van der Waals surface area contributed by atoms with Crippen molar-refractivity contribution in [3.63, 3.8) is 0 Å². The largest absolute Gasteiger partial charge is 0.462 e. The second-order valence-corrected chi connectivity index (χ2v) is 20.9. The van der Waals surface area contributed by atoms with Crippen molar-refractivity contribution in [1.82, 2.24) is 0 Å². The smallest absolute Gasteiger partial charge is 0.306 e. The zero-order chi connectivity index (χ0) is 57.8. The summed E-state index contributed by atoms with van der Waals surface area (Å²) in [7, 11) is 0. The van der Waals surface area contributed by atoms with Crippen LogP contribution in [0.1, 0.15) is 271 Å². The van der Waals surface area contributed by atoms with E-state index in [1.165, 1.54) is 83.5 Å². The van der Waals surface area contributed by atoms with E-state index in [1.54, 1.807) is 0 Å². The molecule has 0 aromatic heterocycles. The summed E-state index contributed by atoms with van der Waals surface area (Å²) in [5.41, 5.74) is 0. The Labute approximate surface area is 492 Å². The standard InChI is InChI=1S/C74H118O6/c1-4-7-10-13-16-19-22-25-27-29-30-31-32-33-34-35-36-37-38-39-40-41-42-43-44-46-47-49-52-55-58-61-64-67-73(76)79-70-71(69-78-72(75)66-63-60-57-54-51-24-21-18-15-12-9-6-3)80-74(77)68-65-62-59-56-53-50-48-45-28-26-23-20-17-14-11-8-5-2/h7,10,16-21,25-28,30-31,33-34,36-37,39-40,42-43,46-47,52,55,71H,4-6,8-9,11-15,22-24,29,32,35,38,41,44-45,48-51,53-54,56-70H2,1-3H3/b10-7-,19-16-,20-17-,21-18-,27-25-,28-26-,31-30-,34-33-,37-36-,40-39-,43-42-,47-46-,55-52-. The molecule has 0 N–H and O–H groups in total. The lowest BCUT2D eigenvalue weighted by molar-refractivity contribution is -0.167. The van der Waals surface area contributed by atoms with Crippen molar-refractivity contribution in [3.05, 3.63) is 158 Å². The first kappa shape index (κ1) is 75.0. The fourth-order valence-corrected chi connectivity index (χ4v) is 8.38. The fraction of sp³-hybridized carbons (Fsp3) is 0.608. The van der Waals surface area contributed by atoms with Gasteiger partial charge in [0.1, 0.15) is 13.2 Å². The van der Waals surface area contributed by atoms with Crippen LogP contribution in [0.4, 0.5) is 0 Å². The highest BCUT2D eigenvalue weighted by molar-refractivity contribution is 5.71. The van der Waals surface area contributed by atoms with Crippen molar-refractivity contribution < 1.29 is 28.6 Å². The molecule has 6 heteroatoms. The number of ether oxygens (including phenoxy) is 3. The molecule has 0 saturated heterocycles. The van der Waals surface area contributed by atoms with Gasteiger partial charge in [-0.05, 0) is 154 Å². The van der Waals surface area contributed by atoms with E-state index in [-0.39, 0.29) is 31.1 Å². The average Bonchev–Trinajstić information content (AvgIpc) is 3.46. The Morgan fingerprint density at radius 1 is 0.263 bits per heavy atom. The van der Waals surface area contributed by atoms with Crippen molar-refractivity contribution in [2.45, 2.75) is 277 Å². The highest BCUT2D eigenvalue weighted by Gasteiger charge is 2.19. The molecule has 0 aromatic rings. The van der Waals surface area contributed by atoms with Gasteiger partial charge in [-0.1, -0.05) is 256 Å². The second-order valence-electron chi connectivity index (χ2n) is 20.9. The van der Waals surface area contributed by atoms with E-state index in [0.29, 0.717) is 25.7 Å². The summed E-state index contributed by atoms with van der Waals surface area (Å²) in [5, 5.41) is 0. The van der Waals surface area contributed by atoms with Gasteiger partial charge in [0.15, 0.2) is 6.10 Å². The van der Waals surface area contributed by atoms with Crippen molar-refractivity contribution >= 4 is 17.9 Å². The van der Waals surface area contributed by atoms with Crippen molar-refractivity contribution in [2.24, 2.45) is 0 Å². The van der Waals surface area contributed by atoms with Crippen LogP contribution in [0.3, 0.4) is 0 Å². The Balaban J connectivity index is 4.39. The SMILES string of the molecule is CC/C=C\C/C=C\C/C=C\C/C=C\C/C=C\C/C=C\C/C=C\C/C=C\C/C=C\C/C=C\CCCCC(=O)OCC(COC(=O)CCCCCCC/C=C\CCCCC)OC(=O)CCCCCCCCC/C=C\C/C=C\CCCCC. The van der Waals surface area contributed by atoms with Crippen LogP contribution >= 0.6 is 0 Å². The lowest BCUT2D eigenvalue weighted by atomic mass is 10.1. The van der Waals surface area contributed by atoms with E-state index in [1.807, 2.05) is 0 Å². The summed E-state index contributed by atoms with van der Waals surface area (Å²) in [4.78, 5) is 38.2. The summed E-state index contributed by atoms with van der Waals surface area (Å²) in [6.45, 7) is 6.42. The lowest BCUT2D eigenvalue weighted by Crippen LogP contribution is -2.30. The number of rotatable bonds is 57. The van der Waals surface area contributed by atoms with Gasteiger partial charge < -0.3 is 14.2 Å². The highest BCUT2D eigenvalue weighted by Crippen LogP contribution is 2.14. The minimum Gasteiger partial charge on any atom is -0.462 e. The molecule has 0 amide bonds. The molecule has 0 rings (SSSR count). The Morgan fingerprint density at radius 2 is 0.487 bits per heavy atom. The van der Waals surface area contributed by atoms with Gasteiger partial charge in [-0.2, -0.15) is 0 Å². The van der Waals surface area contributed by atoms with Gasteiger partial charge in [-0.3, -0.25) is 14.4 Å². The molecule has 0 radical (unpaired) electrons. The fourth-order valence-electron chi connectivity index (χ4n) is 8.38. The molecule has 0 aliphatic carbocycles. The molecule has 0 spiro atoms. The average molecular weight is 1100 g/mol. The van der Waals surface area contributed by atoms with Crippen LogP contribution in [0.15, 0.2) is 158 Å². The third-order valence-electron chi connectivity index (χ3n) is 13.2. The van der Waals surface area contributed by atoms with Crippen molar-refractivity contribution in [2.75, 3.05) is 13.2 Å². The second kappa shape index (κ2) is 66.5. The van der Waals surface area contributed by atoms with Gasteiger partial charge in [-0.15, -0.1) is 0 Å². The van der Waals surface area contributed by atoms with Gasteiger partial charge >= 0.3 is 17.9 Å². The molecule has 0 aromatic carbocycles. The number of hydrogen-bond donors (Lipinski definition) is 0. The lowest BCUT2D eigenvalue weighted by Gasteiger charge is -2.18. The van der Waals surface area contributed by atoms with E-state index in [9.17, 15) is 14.4 Å². The normalized spacial score (nSPS) is 13.2. The molecule has 6 nitrogen and oxygen atoms in total. The van der Waals surface area contributed by atoms with Crippen LogP contribution in [0.2, 0.25) is 0 Å². The minimum atomic E-state index is -0.811. The van der Waals surface area contributed by atoms with Crippen molar-refractivity contribution in [1.29, 1.82) is 0 Å². The molecule has 0 aliphatic rings. The predicted octanol–water partition coefficient (Wildman–Crippen LogP) is 22.5. The van der Waals surface area contributed by atoms with Gasteiger partial charge in [0.05, 0.1) is 0 Å². The van der Waals surface area contributed by atoms with Crippen LogP contribution in [-0.2, 0) is 28.6 Å². The molecule has 0 aliphatic heterocycles. The third kappa shape index (κ3) is 63.9. The molecule has 0 bridgehead atoms. The summed E-state index contributed by atoms with van der Waals surface area (Å²) < 4.78 is 16.8. The van der Waals surface area contributed by atoms with E-state index < -0.39 is 6.10 Å². The molecule has 0 fully saturated rings. The van der Waals surface area contributed by atoms with Crippen LogP contribution < -0.4 is 0 Å². The highest BCUT2D eigenvalue weighted by atomic mass is 16.6. The maximum Gasteiger partial charge on any atom is 0.306 e. The van der Waals surface area contributed by atoms with Gasteiger partial charge in [0.2, 0.25) is 0 Å². The molecular formula is C74H118O6. The summed E-state index contributed by atoms with van der Waals surface area (Å²) in [6.07, 6.45) is 96.8.